The number of benzene rings is 2. The molecule has 0 aliphatic heterocycles. The van der Waals surface area contributed by atoms with Gasteiger partial charge in [0.15, 0.2) is 0 Å². The molecule has 0 bridgehead atoms. The summed E-state index contributed by atoms with van der Waals surface area (Å²) in [5.41, 5.74) is 8.81. The van der Waals surface area contributed by atoms with Crippen molar-refractivity contribution in [3.63, 3.8) is 0 Å². The van der Waals surface area contributed by atoms with Gasteiger partial charge in [-0.2, -0.15) is 5.26 Å². The summed E-state index contributed by atoms with van der Waals surface area (Å²) in [5.74, 6) is 0. The lowest BCUT2D eigenvalue weighted by Gasteiger charge is -2.03. The molecule has 2 heteroatoms. The number of anilines is 1. The summed E-state index contributed by atoms with van der Waals surface area (Å²) in [4.78, 5) is 0. The SMILES string of the molecule is N#Cc1cc(-c2ccccc2)ccc1N. The molecule has 0 fully saturated rings. The molecule has 0 heterocycles. The third-order valence-electron chi connectivity index (χ3n) is 2.28. The lowest BCUT2D eigenvalue weighted by atomic mass is 10.0. The molecular formula is C13H10N2. The first-order chi connectivity index (χ1) is 7.31. The van der Waals surface area contributed by atoms with Crippen LogP contribution in [0.1, 0.15) is 5.56 Å². The van der Waals surface area contributed by atoms with Crippen molar-refractivity contribution in [3.8, 4) is 17.2 Å². The number of nitrogens with zero attached hydrogens (tertiary/aromatic N) is 1. The summed E-state index contributed by atoms with van der Waals surface area (Å²) < 4.78 is 0. The summed E-state index contributed by atoms with van der Waals surface area (Å²) in [6.45, 7) is 0. The van der Waals surface area contributed by atoms with Crippen molar-refractivity contribution in [2.24, 2.45) is 0 Å². The summed E-state index contributed by atoms with van der Waals surface area (Å²) in [7, 11) is 0. The van der Waals surface area contributed by atoms with Crippen molar-refractivity contribution in [1.29, 1.82) is 5.26 Å². The van der Waals surface area contributed by atoms with Crippen molar-refractivity contribution in [2.45, 2.75) is 0 Å². The Morgan fingerprint density at radius 2 is 1.67 bits per heavy atom. The predicted molar refractivity (Wildman–Crippen MR) is 61.0 cm³/mol. The van der Waals surface area contributed by atoms with Crippen LogP contribution in [0.3, 0.4) is 0 Å². The number of nitrogen functional groups attached to an aromatic ring is 1. The fraction of sp³-hybridized carbons (Fsp3) is 0. The maximum atomic E-state index is 8.86. The molecule has 2 N–H and O–H groups in total. The van der Waals surface area contributed by atoms with E-state index >= 15 is 0 Å². The van der Waals surface area contributed by atoms with E-state index < -0.39 is 0 Å². The summed E-state index contributed by atoms with van der Waals surface area (Å²) in [5, 5.41) is 8.86. The molecule has 2 nitrogen and oxygen atoms in total. The van der Waals surface area contributed by atoms with Crippen molar-refractivity contribution in [1.82, 2.24) is 0 Å². The molecule has 2 rings (SSSR count). The molecule has 0 spiro atoms. The first kappa shape index (κ1) is 9.29. The highest BCUT2D eigenvalue weighted by Gasteiger charge is 2.01. The van der Waals surface area contributed by atoms with Gasteiger partial charge in [0, 0.05) is 5.69 Å². The first-order valence-corrected chi connectivity index (χ1v) is 4.66. The van der Waals surface area contributed by atoms with Gasteiger partial charge in [0.25, 0.3) is 0 Å². The van der Waals surface area contributed by atoms with Gasteiger partial charge >= 0.3 is 0 Å². The van der Waals surface area contributed by atoms with Crippen LogP contribution in [0.4, 0.5) is 5.69 Å². The monoisotopic (exact) mass is 194 g/mol. The topological polar surface area (TPSA) is 49.8 Å². The number of nitriles is 1. The van der Waals surface area contributed by atoms with E-state index in [1.165, 1.54) is 0 Å². The van der Waals surface area contributed by atoms with E-state index in [-0.39, 0.29) is 0 Å². The third-order valence-corrected chi connectivity index (χ3v) is 2.28. The fourth-order valence-electron chi connectivity index (χ4n) is 1.46. The van der Waals surface area contributed by atoms with Gasteiger partial charge in [-0.15, -0.1) is 0 Å². The number of hydrogen-bond donors (Lipinski definition) is 1. The zero-order chi connectivity index (χ0) is 10.7. The molecule has 0 saturated carbocycles. The normalized spacial score (nSPS) is 9.53. The van der Waals surface area contributed by atoms with Gasteiger partial charge in [-0.3, -0.25) is 0 Å². The second kappa shape index (κ2) is 3.85. The van der Waals surface area contributed by atoms with Gasteiger partial charge in [0.05, 0.1) is 5.56 Å². The molecule has 2 aromatic rings. The Bertz CT molecular complexity index is 510. The smallest absolute Gasteiger partial charge is 0.101 e. The Hall–Kier alpha value is -2.27. The van der Waals surface area contributed by atoms with Crippen molar-refractivity contribution in [2.75, 3.05) is 5.73 Å². The highest BCUT2D eigenvalue weighted by Crippen LogP contribution is 2.22. The van der Waals surface area contributed by atoms with Crippen molar-refractivity contribution >= 4 is 5.69 Å². The molecule has 0 radical (unpaired) electrons. The molecule has 72 valence electrons. The number of hydrogen-bond acceptors (Lipinski definition) is 2. The number of nitrogens with two attached hydrogens (primary N) is 1. The molecule has 0 amide bonds. The standard InChI is InChI=1S/C13H10N2/c14-9-12-8-11(6-7-13(12)15)10-4-2-1-3-5-10/h1-8H,15H2. The first-order valence-electron chi connectivity index (χ1n) is 4.66. The van der Waals surface area contributed by atoms with Crippen LogP contribution in [0.15, 0.2) is 48.5 Å². The average Bonchev–Trinajstić information content (AvgIpc) is 2.31. The van der Waals surface area contributed by atoms with Crippen LogP contribution in [-0.2, 0) is 0 Å². The summed E-state index contributed by atoms with van der Waals surface area (Å²) >= 11 is 0. The molecule has 0 saturated heterocycles. The Kier molecular flexibility index (Phi) is 2.38. The van der Waals surface area contributed by atoms with Gasteiger partial charge in [-0.25, -0.2) is 0 Å². The molecule has 0 aliphatic rings. The van der Waals surface area contributed by atoms with Crippen LogP contribution < -0.4 is 5.73 Å². The van der Waals surface area contributed by atoms with Crippen LogP contribution in [0.2, 0.25) is 0 Å². The molecule has 0 atom stereocenters. The Morgan fingerprint density at radius 1 is 0.933 bits per heavy atom. The average molecular weight is 194 g/mol. The molecule has 0 aliphatic carbocycles. The van der Waals surface area contributed by atoms with Gasteiger partial charge in [-0.05, 0) is 23.3 Å². The maximum absolute atomic E-state index is 8.86. The maximum Gasteiger partial charge on any atom is 0.101 e. The molecule has 2 aromatic carbocycles. The van der Waals surface area contributed by atoms with E-state index in [2.05, 4.69) is 6.07 Å². The quantitative estimate of drug-likeness (QED) is 0.709. The van der Waals surface area contributed by atoms with Crippen LogP contribution in [0, 0.1) is 11.3 Å². The van der Waals surface area contributed by atoms with Crippen LogP contribution in [0.5, 0.6) is 0 Å². The fourth-order valence-corrected chi connectivity index (χ4v) is 1.46. The van der Waals surface area contributed by atoms with E-state index in [0.717, 1.165) is 11.1 Å². The lowest BCUT2D eigenvalue weighted by Crippen LogP contribution is -1.90. The third kappa shape index (κ3) is 1.82. The molecular weight excluding hydrogens is 184 g/mol. The minimum absolute atomic E-state index is 0.524. The largest absolute Gasteiger partial charge is 0.398 e. The lowest BCUT2D eigenvalue weighted by molar-refractivity contribution is 1.48. The zero-order valence-corrected chi connectivity index (χ0v) is 8.14. The van der Waals surface area contributed by atoms with Gasteiger partial charge < -0.3 is 5.73 Å². The second-order valence-electron chi connectivity index (χ2n) is 3.28. The van der Waals surface area contributed by atoms with Gasteiger partial charge in [0.1, 0.15) is 6.07 Å². The predicted octanol–water partition coefficient (Wildman–Crippen LogP) is 2.81. The van der Waals surface area contributed by atoms with Crippen molar-refractivity contribution < 1.29 is 0 Å². The molecule has 15 heavy (non-hydrogen) atoms. The highest BCUT2D eigenvalue weighted by atomic mass is 14.6. The van der Waals surface area contributed by atoms with E-state index in [0.29, 0.717) is 11.3 Å². The highest BCUT2D eigenvalue weighted by molar-refractivity contribution is 5.69. The Morgan fingerprint density at radius 3 is 2.33 bits per heavy atom. The minimum atomic E-state index is 0.524. The Labute approximate surface area is 88.6 Å². The van der Waals surface area contributed by atoms with E-state index in [4.69, 9.17) is 11.0 Å². The number of rotatable bonds is 1. The zero-order valence-electron chi connectivity index (χ0n) is 8.14. The minimum Gasteiger partial charge on any atom is -0.398 e. The van der Waals surface area contributed by atoms with Crippen LogP contribution >= 0.6 is 0 Å². The van der Waals surface area contributed by atoms with Gasteiger partial charge in [0.2, 0.25) is 0 Å². The van der Waals surface area contributed by atoms with Crippen LogP contribution in [-0.4, -0.2) is 0 Å². The van der Waals surface area contributed by atoms with Crippen molar-refractivity contribution in [3.05, 3.63) is 54.1 Å². The molecule has 0 unspecified atom stereocenters. The van der Waals surface area contributed by atoms with Gasteiger partial charge in [-0.1, -0.05) is 36.4 Å². The van der Waals surface area contributed by atoms with E-state index in [1.807, 2.05) is 42.5 Å². The van der Waals surface area contributed by atoms with Crippen LogP contribution in [0.25, 0.3) is 11.1 Å². The molecule has 0 aromatic heterocycles. The van der Waals surface area contributed by atoms with E-state index in [9.17, 15) is 0 Å². The summed E-state index contributed by atoms with van der Waals surface area (Å²) in [6.07, 6.45) is 0. The Balaban J connectivity index is 2.52. The summed E-state index contributed by atoms with van der Waals surface area (Å²) in [6, 6.07) is 17.5. The van der Waals surface area contributed by atoms with E-state index in [1.54, 1.807) is 6.07 Å². The second-order valence-corrected chi connectivity index (χ2v) is 3.28.